The number of benzene rings is 2. The third-order valence-corrected chi connectivity index (χ3v) is 3.83. The van der Waals surface area contributed by atoms with E-state index >= 15 is 0 Å². The molecular formula is C18H21NO. The lowest BCUT2D eigenvalue weighted by Gasteiger charge is -2.08. The van der Waals surface area contributed by atoms with Crippen LogP contribution in [0.25, 0.3) is 0 Å². The maximum atomic E-state index is 5.54. The predicted octanol–water partition coefficient (Wildman–Crippen LogP) is 3.84. The molecule has 0 aliphatic carbocycles. The summed E-state index contributed by atoms with van der Waals surface area (Å²) in [6, 6.07) is 15.2. The highest BCUT2D eigenvalue weighted by molar-refractivity contribution is 5.46. The number of nitrogens with one attached hydrogen (secondary N) is 1. The van der Waals surface area contributed by atoms with Crippen LogP contribution in [0.1, 0.15) is 23.6 Å². The lowest BCUT2D eigenvalue weighted by molar-refractivity contribution is 0.357. The summed E-state index contributed by atoms with van der Waals surface area (Å²) < 4.78 is 5.54. The summed E-state index contributed by atoms with van der Waals surface area (Å²) in [5.74, 6) is 1.07. The molecule has 2 aromatic rings. The first-order valence-corrected chi connectivity index (χ1v) is 7.42. The SMILES string of the molecule is CCc1cccc(NCCc2ccc3c(c2)CCO3)c1. The number of aryl methyl sites for hydroxylation is 1. The maximum Gasteiger partial charge on any atom is 0.122 e. The number of rotatable bonds is 5. The predicted molar refractivity (Wildman–Crippen MR) is 83.7 cm³/mol. The number of hydrogen-bond acceptors (Lipinski definition) is 2. The van der Waals surface area contributed by atoms with E-state index in [2.05, 4.69) is 54.7 Å². The molecule has 0 fully saturated rings. The Labute approximate surface area is 120 Å². The van der Waals surface area contributed by atoms with E-state index in [1.54, 1.807) is 0 Å². The molecule has 2 aromatic carbocycles. The fourth-order valence-corrected chi connectivity index (χ4v) is 2.65. The Morgan fingerprint density at radius 3 is 2.95 bits per heavy atom. The molecule has 0 saturated carbocycles. The van der Waals surface area contributed by atoms with Gasteiger partial charge in [-0.2, -0.15) is 0 Å². The van der Waals surface area contributed by atoms with Crippen molar-refractivity contribution < 1.29 is 4.74 Å². The van der Waals surface area contributed by atoms with E-state index in [1.807, 2.05) is 0 Å². The molecule has 0 amide bonds. The minimum Gasteiger partial charge on any atom is -0.493 e. The van der Waals surface area contributed by atoms with Crippen LogP contribution in [0.4, 0.5) is 5.69 Å². The van der Waals surface area contributed by atoms with Gasteiger partial charge in [0.15, 0.2) is 0 Å². The summed E-state index contributed by atoms with van der Waals surface area (Å²) in [7, 11) is 0. The molecule has 1 heterocycles. The van der Waals surface area contributed by atoms with Crippen LogP contribution in [0.2, 0.25) is 0 Å². The van der Waals surface area contributed by atoms with E-state index in [0.717, 1.165) is 38.2 Å². The van der Waals surface area contributed by atoms with E-state index < -0.39 is 0 Å². The largest absolute Gasteiger partial charge is 0.493 e. The van der Waals surface area contributed by atoms with Gasteiger partial charge in [-0.05, 0) is 47.7 Å². The zero-order valence-corrected chi connectivity index (χ0v) is 12.0. The van der Waals surface area contributed by atoms with Crippen LogP contribution >= 0.6 is 0 Å². The van der Waals surface area contributed by atoms with Gasteiger partial charge in [0.1, 0.15) is 5.75 Å². The van der Waals surface area contributed by atoms with Crippen LogP contribution in [0.5, 0.6) is 5.75 Å². The van der Waals surface area contributed by atoms with Gasteiger partial charge in [0.05, 0.1) is 6.61 Å². The molecule has 0 saturated heterocycles. The second-order valence-corrected chi connectivity index (χ2v) is 5.27. The first kappa shape index (κ1) is 13.0. The zero-order valence-electron chi connectivity index (χ0n) is 12.0. The lowest BCUT2D eigenvalue weighted by Crippen LogP contribution is -2.05. The standard InChI is InChI=1S/C18H21NO/c1-2-14-4-3-5-17(13-14)19-10-8-15-6-7-18-16(12-15)9-11-20-18/h3-7,12-13,19H,2,8-11H2,1H3. The fourth-order valence-electron chi connectivity index (χ4n) is 2.65. The summed E-state index contributed by atoms with van der Waals surface area (Å²) in [5.41, 5.74) is 5.34. The first-order chi connectivity index (χ1) is 9.85. The van der Waals surface area contributed by atoms with Gasteiger partial charge in [-0.3, -0.25) is 0 Å². The topological polar surface area (TPSA) is 21.3 Å². The molecule has 3 rings (SSSR count). The van der Waals surface area contributed by atoms with E-state index in [4.69, 9.17) is 4.74 Å². The molecule has 0 radical (unpaired) electrons. The molecule has 0 spiro atoms. The van der Waals surface area contributed by atoms with Gasteiger partial charge in [-0.15, -0.1) is 0 Å². The number of anilines is 1. The number of fused-ring (bicyclic) bond motifs is 1. The Morgan fingerprint density at radius 1 is 1.10 bits per heavy atom. The van der Waals surface area contributed by atoms with Crippen molar-refractivity contribution >= 4 is 5.69 Å². The van der Waals surface area contributed by atoms with Gasteiger partial charge in [-0.25, -0.2) is 0 Å². The van der Waals surface area contributed by atoms with Crippen molar-refractivity contribution in [1.82, 2.24) is 0 Å². The Kier molecular flexibility index (Phi) is 3.91. The highest BCUT2D eigenvalue weighted by atomic mass is 16.5. The fraction of sp³-hybridized carbons (Fsp3) is 0.333. The molecular weight excluding hydrogens is 246 g/mol. The monoisotopic (exact) mass is 267 g/mol. The lowest BCUT2D eigenvalue weighted by atomic mass is 10.1. The molecule has 1 N–H and O–H groups in total. The van der Waals surface area contributed by atoms with Crippen LogP contribution in [0.15, 0.2) is 42.5 Å². The van der Waals surface area contributed by atoms with Crippen molar-refractivity contribution in [3.05, 3.63) is 59.2 Å². The van der Waals surface area contributed by atoms with Gasteiger partial charge in [0.2, 0.25) is 0 Å². The summed E-state index contributed by atoms with van der Waals surface area (Å²) in [6.45, 7) is 3.99. The summed E-state index contributed by atoms with van der Waals surface area (Å²) in [6.07, 6.45) is 3.18. The summed E-state index contributed by atoms with van der Waals surface area (Å²) >= 11 is 0. The molecule has 2 nitrogen and oxygen atoms in total. The molecule has 0 atom stereocenters. The van der Waals surface area contributed by atoms with Gasteiger partial charge in [0.25, 0.3) is 0 Å². The van der Waals surface area contributed by atoms with Crippen LogP contribution in [0, 0.1) is 0 Å². The van der Waals surface area contributed by atoms with Crippen LogP contribution in [0.3, 0.4) is 0 Å². The Morgan fingerprint density at radius 2 is 2.05 bits per heavy atom. The summed E-state index contributed by atoms with van der Waals surface area (Å²) in [4.78, 5) is 0. The van der Waals surface area contributed by atoms with Crippen molar-refractivity contribution in [3.8, 4) is 5.75 Å². The van der Waals surface area contributed by atoms with Crippen molar-refractivity contribution in [1.29, 1.82) is 0 Å². The van der Waals surface area contributed by atoms with Gasteiger partial charge < -0.3 is 10.1 Å². The van der Waals surface area contributed by atoms with E-state index in [0.29, 0.717) is 0 Å². The van der Waals surface area contributed by atoms with Crippen molar-refractivity contribution in [3.63, 3.8) is 0 Å². The molecule has 104 valence electrons. The molecule has 0 aromatic heterocycles. The minimum atomic E-state index is 0.834. The third kappa shape index (κ3) is 2.96. The number of ether oxygens (including phenoxy) is 1. The smallest absolute Gasteiger partial charge is 0.122 e. The van der Waals surface area contributed by atoms with Gasteiger partial charge in [-0.1, -0.05) is 31.2 Å². The molecule has 20 heavy (non-hydrogen) atoms. The van der Waals surface area contributed by atoms with E-state index in [9.17, 15) is 0 Å². The van der Waals surface area contributed by atoms with Crippen LogP contribution < -0.4 is 10.1 Å². The second-order valence-electron chi connectivity index (χ2n) is 5.27. The Bertz CT molecular complexity index is 592. The van der Waals surface area contributed by atoms with E-state index in [-0.39, 0.29) is 0 Å². The quantitative estimate of drug-likeness (QED) is 0.888. The van der Waals surface area contributed by atoms with Crippen LogP contribution in [-0.2, 0) is 19.3 Å². The second kappa shape index (κ2) is 6.00. The van der Waals surface area contributed by atoms with Gasteiger partial charge >= 0.3 is 0 Å². The van der Waals surface area contributed by atoms with Crippen molar-refractivity contribution in [2.24, 2.45) is 0 Å². The molecule has 1 aliphatic heterocycles. The highest BCUT2D eigenvalue weighted by Gasteiger charge is 2.11. The Hall–Kier alpha value is -1.96. The highest BCUT2D eigenvalue weighted by Crippen LogP contribution is 2.26. The molecule has 0 unspecified atom stereocenters. The first-order valence-electron chi connectivity index (χ1n) is 7.42. The van der Waals surface area contributed by atoms with Crippen molar-refractivity contribution in [2.45, 2.75) is 26.2 Å². The zero-order chi connectivity index (χ0) is 13.8. The molecule has 2 heteroatoms. The minimum absolute atomic E-state index is 0.834. The average Bonchev–Trinajstić information content (AvgIpc) is 2.95. The number of hydrogen-bond donors (Lipinski definition) is 1. The summed E-state index contributed by atoms with van der Waals surface area (Å²) in [5, 5.41) is 3.50. The van der Waals surface area contributed by atoms with Crippen molar-refractivity contribution in [2.75, 3.05) is 18.5 Å². The third-order valence-electron chi connectivity index (χ3n) is 3.83. The Balaban J connectivity index is 1.57. The average molecular weight is 267 g/mol. The molecule has 0 bridgehead atoms. The van der Waals surface area contributed by atoms with Gasteiger partial charge in [0, 0.05) is 18.7 Å². The van der Waals surface area contributed by atoms with Crippen LogP contribution in [-0.4, -0.2) is 13.2 Å². The maximum absolute atomic E-state index is 5.54. The van der Waals surface area contributed by atoms with E-state index in [1.165, 1.54) is 22.4 Å². The molecule has 1 aliphatic rings. The normalized spacial score (nSPS) is 12.8.